The number of pyridine rings is 1. The molecule has 1 heterocycles. The summed E-state index contributed by atoms with van der Waals surface area (Å²) >= 11 is 6.46. The lowest BCUT2D eigenvalue weighted by Crippen LogP contribution is -2.30. The van der Waals surface area contributed by atoms with Crippen molar-refractivity contribution in [1.82, 2.24) is 15.6 Å². The Balaban J connectivity index is 1.28. The van der Waals surface area contributed by atoms with Crippen LogP contribution in [0.15, 0.2) is 60.8 Å². The molecular formula is C31H29ClN6O6. The van der Waals surface area contributed by atoms with Crippen LogP contribution in [-0.4, -0.2) is 42.1 Å². The Morgan fingerprint density at radius 3 is 2.02 bits per heavy atom. The number of methoxy groups -OCH3 is 1. The number of rotatable bonds is 10. The molecule has 12 nitrogen and oxygen atoms in total. The van der Waals surface area contributed by atoms with E-state index in [0.717, 1.165) is 25.7 Å². The molecule has 2 saturated carbocycles. The Bertz CT molecular complexity index is 1770. The summed E-state index contributed by atoms with van der Waals surface area (Å²) in [7, 11) is 1.44. The first-order chi connectivity index (χ1) is 21.2. The van der Waals surface area contributed by atoms with Gasteiger partial charge in [0.2, 0.25) is 0 Å². The number of amides is 5. The topological polar surface area (TPSA) is 166 Å². The molecule has 0 radical (unpaired) electrons. The average molecular weight is 617 g/mol. The van der Waals surface area contributed by atoms with E-state index in [1.54, 1.807) is 60.8 Å². The third-order valence-corrected chi connectivity index (χ3v) is 7.27. The van der Waals surface area contributed by atoms with Gasteiger partial charge in [0.05, 0.1) is 34.6 Å². The molecule has 0 saturated heterocycles. The third kappa shape index (κ3) is 6.87. The molecule has 0 bridgehead atoms. The maximum atomic E-state index is 12.6. The first kappa shape index (κ1) is 28.9. The van der Waals surface area contributed by atoms with Crippen molar-refractivity contribution in [2.24, 2.45) is 5.73 Å². The summed E-state index contributed by atoms with van der Waals surface area (Å²) in [5.74, 6) is 1.05. The molecule has 0 unspecified atom stereocenters. The second-order valence-electron chi connectivity index (χ2n) is 10.5. The number of hydrogen-bond donors (Lipinski definition) is 5. The van der Waals surface area contributed by atoms with Gasteiger partial charge in [0.1, 0.15) is 23.0 Å². The number of aromatic nitrogens is 1. The van der Waals surface area contributed by atoms with Crippen LogP contribution in [0.2, 0.25) is 5.02 Å². The molecule has 13 heteroatoms. The minimum atomic E-state index is -0.655. The predicted octanol–water partition coefficient (Wildman–Crippen LogP) is 6.15. The molecule has 3 aromatic carbocycles. The Morgan fingerprint density at radius 1 is 0.795 bits per heavy atom. The number of urea groups is 2. The number of carbonyl (C=O) groups is 3. The molecule has 0 spiro atoms. The minimum Gasteiger partial charge on any atom is -0.496 e. The van der Waals surface area contributed by atoms with E-state index >= 15 is 0 Å². The fraction of sp³-hybridized carbons (Fsp3) is 0.226. The fourth-order valence-corrected chi connectivity index (χ4v) is 4.63. The summed E-state index contributed by atoms with van der Waals surface area (Å²) in [6.07, 6.45) is 5.37. The van der Waals surface area contributed by atoms with Gasteiger partial charge in [0.15, 0.2) is 5.75 Å². The maximum Gasteiger partial charge on any atom is 0.319 e. The second-order valence-corrected chi connectivity index (χ2v) is 10.9. The van der Waals surface area contributed by atoms with Crippen LogP contribution < -0.4 is 41.2 Å². The van der Waals surface area contributed by atoms with Gasteiger partial charge >= 0.3 is 12.1 Å². The highest BCUT2D eigenvalue weighted by atomic mass is 35.5. The normalized spacial score (nSPS) is 14.0. The molecule has 2 aliphatic rings. The lowest BCUT2D eigenvalue weighted by Gasteiger charge is -2.16. The number of nitrogens with zero attached hydrogens (tertiary/aromatic N) is 1. The number of hydrogen-bond acceptors (Lipinski definition) is 7. The van der Waals surface area contributed by atoms with Crippen LogP contribution in [0, 0.1) is 0 Å². The van der Waals surface area contributed by atoms with Crippen LogP contribution in [0.25, 0.3) is 10.9 Å². The van der Waals surface area contributed by atoms with E-state index in [9.17, 15) is 14.4 Å². The molecular weight excluding hydrogens is 588 g/mol. The van der Waals surface area contributed by atoms with Crippen molar-refractivity contribution in [3.63, 3.8) is 0 Å². The molecule has 0 atom stereocenters. The summed E-state index contributed by atoms with van der Waals surface area (Å²) in [6.45, 7) is 0. The van der Waals surface area contributed by atoms with E-state index in [1.807, 2.05) is 0 Å². The number of primary amides is 1. The van der Waals surface area contributed by atoms with E-state index in [1.165, 1.54) is 7.11 Å². The zero-order valence-corrected chi connectivity index (χ0v) is 24.4. The van der Waals surface area contributed by atoms with Crippen LogP contribution >= 0.6 is 11.6 Å². The SMILES string of the molecule is COc1cc2nccc(Oc3ccc(NC(=O)NC4CC4)c(Oc4ccc(NC(=O)NC5CC5)c(Cl)c4)c3)c2cc1C(N)=O. The van der Waals surface area contributed by atoms with Crippen LogP contribution in [-0.2, 0) is 0 Å². The van der Waals surface area contributed by atoms with Crippen LogP contribution in [0.5, 0.6) is 28.7 Å². The zero-order chi connectivity index (χ0) is 30.8. The molecule has 2 aliphatic carbocycles. The Hall–Kier alpha value is -5.23. The van der Waals surface area contributed by atoms with Gasteiger partial charge in [-0.2, -0.15) is 0 Å². The van der Waals surface area contributed by atoms with Crippen LogP contribution in [0.3, 0.4) is 0 Å². The van der Waals surface area contributed by atoms with Gasteiger partial charge < -0.3 is 41.2 Å². The van der Waals surface area contributed by atoms with Gasteiger partial charge in [-0.05, 0) is 62.1 Å². The molecule has 226 valence electrons. The number of ether oxygens (including phenoxy) is 3. The molecule has 6 N–H and O–H groups in total. The van der Waals surface area contributed by atoms with Gasteiger partial charge in [0, 0.05) is 41.9 Å². The van der Waals surface area contributed by atoms with E-state index in [-0.39, 0.29) is 40.5 Å². The highest BCUT2D eigenvalue weighted by Gasteiger charge is 2.25. The van der Waals surface area contributed by atoms with Gasteiger partial charge in [-0.3, -0.25) is 9.78 Å². The third-order valence-electron chi connectivity index (χ3n) is 6.96. The number of fused-ring (bicyclic) bond motifs is 1. The van der Waals surface area contributed by atoms with Crippen molar-refractivity contribution in [2.45, 2.75) is 37.8 Å². The van der Waals surface area contributed by atoms with Gasteiger partial charge in [-0.15, -0.1) is 0 Å². The highest BCUT2D eigenvalue weighted by molar-refractivity contribution is 6.33. The van der Waals surface area contributed by atoms with E-state index in [2.05, 4.69) is 26.3 Å². The maximum absolute atomic E-state index is 12.6. The molecule has 44 heavy (non-hydrogen) atoms. The number of benzene rings is 3. The smallest absolute Gasteiger partial charge is 0.319 e. The van der Waals surface area contributed by atoms with Crippen LogP contribution in [0.1, 0.15) is 36.0 Å². The first-order valence-electron chi connectivity index (χ1n) is 14.0. The summed E-state index contributed by atoms with van der Waals surface area (Å²) in [6, 6.07) is 14.3. The Morgan fingerprint density at radius 2 is 1.41 bits per heavy atom. The van der Waals surface area contributed by atoms with Gasteiger partial charge in [-0.25, -0.2) is 9.59 Å². The first-order valence-corrected chi connectivity index (χ1v) is 14.3. The van der Waals surface area contributed by atoms with E-state index in [0.29, 0.717) is 45.3 Å². The standard InChI is InChI=1S/C31H29ClN6O6/c1-42-27-15-25-20(14-21(27)29(33)39)26(10-11-34-25)43-19-7-9-24(38-31(41)36-17-4-5-17)28(13-19)44-18-6-8-23(22(32)12-18)37-30(40)35-16-2-3-16/h6-17H,2-5H2,1H3,(H2,33,39)(H2,35,37,40)(H2,36,38,41). The minimum absolute atomic E-state index is 0.154. The van der Waals surface area contributed by atoms with Crippen molar-refractivity contribution in [3.8, 4) is 28.7 Å². The summed E-state index contributed by atoms with van der Waals surface area (Å²) < 4.78 is 17.7. The molecule has 0 aliphatic heterocycles. The van der Waals surface area contributed by atoms with E-state index < -0.39 is 5.91 Å². The quantitative estimate of drug-likeness (QED) is 0.142. The molecule has 2 fully saturated rings. The zero-order valence-electron chi connectivity index (χ0n) is 23.6. The number of nitrogens with one attached hydrogen (secondary N) is 4. The summed E-state index contributed by atoms with van der Waals surface area (Å²) in [5, 5.41) is 12.1. The largest absolute Gasteiger partial charge is 0.496 e. The van der Waals surface area contributed by atoms with Crippen molar-refractivity contribution >= 4 is 51.8 Å². The van der Waals surface area contributed by atoms with Gasteiger partial charge in [-0.1, -0.05) is 11.6 Å². The number of nitrogens with two attached hydrogens (primary N) is 1. The second kappa shape index (κ2) is 12.2. The van der Waals surface area contributed by atoms with Crippen molar-refractivity contribution in [1.29, 1.82) is 0 Å². The highest BCUT2D eigenvalue weighted by Crippen LogP contribution is 2.39. The molecule has 4 aromatic rings. The van der Waals surface area contributed by atoms with Crippen molar-refractivity contribution in [2.75, 3.05) is 17.7 Å². The monoisotopic (exact) mass is 616 g/mol. The lowest BCUT2D eigenvalue weighted by atomic mass is 10.1. The lowest BCUT2D eigenvalue weighted by molar-refractivity contribution is 0.0997. The van der Waals surface area contributed by atoms with Crippen molar-refractivity contribution < 1.29 is 28.6 Å². The molecule has 1 aromatic heterocycles. The summed E-state index contributed by atoms with van der Waals surface area (Å²) in [4.78, 5) is 41.1. The molecule has 5 amide bonds. The number of carbonyl (C=O) groups excluding carboxylic acids is 3. The Labute approximate surface area is 257 Å². The number of halogens is 1. The summed E-state index contributed by atoms with van der Waals surface area (Å²) in [5.41, 5.74) is 7.09. The number of anilines is 2. The molecule has 6 rings (SSSR count). The van der Waals surface area contributed by atoms with Gasteiger partial charge in [0.25, 0.3) is 5.91 Å². The van der Waals surface area contributed by atoms with Crippen molar-refractivity contribution in [3.05, 3.63) is 71.4 Å². The predicted molar refractivity (Wildman–Crippen MR) is 165 cm³/mol. The Kier molecular flexibility index (Phi) is 7.99. The average Bonchev–Trinajstić information content (AvgIpc) is 3.93. The van der Waals surface area contributed by atoms with Crippen LogP contribution in [0.4, 0.5) is 21.0 Å². The fourth-order valence-electron chi connectivity index (χ4n) is 4.41. The van der Waals surface area contributed by atoms with E-state index in [4.69, 9.17) is 31.5 Å².